The minimum absolute atomic E-state index is 0.0169. The number of nitrogens with one attached hydrogen (secondary N) is 1. The second-order valence-electron chi connectivity index (χ2n) is 5.28. The molecule has 0 spiro atoms. The first-order chi connectivity index (χ1) is 9.63. The van der Waals surface area contributed by atoms with Crippen molar-refractivity contribution in [1.29, 1.82) is 0 Å². The number of hydrogen-bond acceptors (Lipinski definition) is 5. The van der Waals surface area contributed by atoms with Crippen molar-refractivity contribution < 1.29 is 18.8 Å². The zero-order chi connectivity index (χ0) is 14.4. The largest absolute Gasteiger partial charge is 0.473 e. The molecule has 0 bridgehead atoms. The maximum atomic E-state index is 11.8. The Hall–Kier alpha value is -1.56. The summed E-state index contributed by atoms with van der Waals surface area (Å²) in [6.07, 6.45) is 2.95. The van der Waals surface area contributed by atoms with Gasteiger partial charge in [-0.25, -0.2) is 0 Å². The normalized spacial score (nSPS) is 19.1. The lowest BCUT2D eigenvalue weighted by atomic mass is 10.1. The van der Waals surface area contributed by atoms with Crippen LogP contribution >= 0.6 is 0 Å². The van der Waals surface area contributed by atoms with E-state index in [1.807, 2.05) is 13.8 Å². The molecule has 2 heterocycles. The Morgan fingerprint density at radius 2 is 2.45 bits per heavy atom. The molecule has 0 saturated carbocycles. The number of carbonyl (C=O) groups excluding carboxylic acids is 1. The van der Waals surface area contributed by atoms with Gasteiger partial charge in [-0.05, 0) is 31.8 Å². The maximum Gasteiger partial charge on any atom is 0.254 e. The van der Waals surface area contributed by atoms with E-state index in [4.69, 9.17) is 14.0 Å². The Bertz CT molecular complexity index is 425. The van der Waals surface area contributed by atoms with Gasteiger partial charge in [-0.3, -0.25) is 4.79 Å². The highest BCUT2D eigenvalue weighted by Gasteiger charge is 2.16. The van der Waals surface area contributed by atoms with Crippen molar-refractivity contribution in [2.45, 2.75) is 51.7 Å². The molecular weight excluding hydrogens is 260 g/mol. The van der Waals surface area contributed by atoms with Crippen molar-refractivity contribution in [3.63, 3.8) is 0 Å². The SMILES string of the molecule is CC(C)Oc1cc(CCC(=O)N[C@H]2CCCOC2)on1. The van der Waals surface area contributed by atoms with Gasteiger partial charge in [-0.1, -0.05) is 0 Å². The van der Waals surface area contributed by atoms with Crippen LogP contribution in [0.5, 0.6) is 5.88 Å². The van der Waals surface area contributed by atoms with E-state index in [2.05, 4.69) is 10.5 Å². The molecule has 1 aromatic rings. The van der Waals surface area contributed by atoms with Crippen molar-refractivity contribution in [1.82, 2.24) is 10.5 Å². The Kier molecular flexibility index (Phi) is 5.40. The van der Waals surface area contributed by atoms with Crippen LogP contribution in [0.4, 0.5) is 0 Å². The third kappa shape index (κ3) is 4.85. The van der Waals surface area contributed by atoms with E-state index in [1.165, 1.54) is 0 Å². The summed E-state index contributed by atoms with van der Waals surface area (Å²) in [7, 11) is 0. The predicted octanol–water partition coefficient (Wildman–Crippen LogP) is 1.69. The molecule has 2 rings (SSSR count). The number of carbonyl (C=O) groups is 1. The second kappa shape index (κ2) is 7.28. The molecule has 0 aromatic carbocycles. The van der Waals surface area contributed by atoms with Crippen molar-refractivity contribution in [2.75, 3.05) is 13.2 Å². The van der Waals surface area contributed by atoms with Crippen molar-refractivity contribution >= 4 is 5.91 Å². The van der Waals surface area contributed by atoms with Crippen LogP contribution < -0.4 is 10.1 Å². The lowest BCUT2D eigenvalue weighted by Crippen LogP contribution is -2.40. The average molecular weight is 282 g/mol. The van der Waals surface area contributed by atoms with Crippen LogP contribution in [0.3, 0.4) is 0 Å². The molecule has 0 radical (unpaired) electrons. The monoisotopic (exact) mass is 282 g/mol. The number of amides is 1. The summed E-state index contributed by atoms with van der Waals surface area (Å²) in [5.41, 5.74) is 0. The number of hydrogen-bond donors (Lipinski definition) is 1. The Labute approximate surface area is 118 Å². The first kappa shape index (κ1) is 14.8. The standard InChI is InChI=1S/C14H22N2O4/c1-10(2)19-14-8-12(20-16-14)5-6-13(17)15-11-4-3-7-18-9-11/h8,10-11H,3-7,9H2,1-2H3,(H,15,17)/t11-/m0/s1. The van der Waals surface area contributed by atoms with Gasteiger partial charge in [0, 0.05) is 25.5 Å². The minimum Gasteiger partial charge on any atom is -0.473 e. The molecule has 1 atom stereocenters. The Morgan fingerprint density at radius 1 is 1.60 bits per heavy atom. The van der Waals surface area contributed by atoms with E-state index in [1.54, 1.807) is 6.07 Å². The van der Waals surface area contributed by atoms with E-state index < -0.39 is 0 Å². The highest BCUT2D eigenvalue weighted by atomic mass is 16.5. The van der Waals surface area contributed by atoms with Gasteiger partial charge in [0.2, 0.25) is 5.91 Å². The summed E-state index contributed by atoms with van der Waals surface area (Å²) in [5.74, 6) is 1.15. The molecule has 1 aliphatic rings. The van der Waals surface area contributed by atoms with Gasteiger partial charge in [-0.2, -0.15) is 0 Å². The highest BCUT2D eigenvalue weighted by Crippen LogP contribution is 2.14. The first-order valence-corrected chi connectivity index (χ1v) is 7.13. The number of aromatic nitrogens is 1. The Balaban J connectivity index is 1.71. The van der Waals surface area contributed by atoms with Gasteiger partial charge in [0.15, 0.2) is 0 Å². The zero-order valence-corrected chi connectivity index (χ0v) is 12.1. The van der Waals surface area contributed by atoms with E-state index in [0.29, 0.717) is 31.1 Å². The van der Waals surface area contributed by atoms with Crippen molar-refractivity contribution in [2.24, 2.45) is 0 Å². The molecule has 0 aliphatic carbocycles. The fourth-order valence-electron chi connectivity index (χ4n) is 2.10. The predicted molar refractivity (Wildman–Crippen MR) is 72.6 cm³/mol. The first-order valence-electron chi connectivity index (χ1n) is 7.13. The molecule has 1 N–H and O–H groups in total. The van der Waals surface area contributed by atoms with Crippen LogP contribution in [0.25, 0.3) is 0 Å². The molecule has 6 heteroatoms. The third-order valence-corrected chi connectivity index (χ3v) is 3.02. The van der Waals surface area contributed by atoms with Gasteiger partial charge in [0.05, 0.1) is 18.8 Å². The summed E-state index contributed by atoms with van der Waals surface area (Å²) in [6.45, 7) is 5.26. The molecule has 1 saturated heterocycles. The van der Waals surface area contributed by atoms with E-state index in [-0.39, 0.29) is 18.1 Å². The average Bonchev–Trinajstić information content (AvgIpc) is 2.84. The summed E-state index contributed by atoms with van der Waals surface area (Å²) in [6, 6.07) is 1.88. The Morgan fingerprint density at radius 3 is 3.15 bits per heavy atom. The van der Waals surface area contributed by atoms with E-state index in [0.717, 1.165) is 19.4 Å². The van der Waals surface area contributed by atoms with Gasteiger partial charge in [-0.15, -0.1) is 0 Å². The molecule has 112 valence electrons. The van der Waals surface area contributed by atoms with Crippen LogP contribution in [-0.2, 0) is 16.0 Å². The van der Waals surface area contributed by atoms with Gasteiger partial charge in [0.1, 0.15) is 5.76 Å². The summed E-state index contributed by atoms with van der Waals surface area (Å²) >= 11 is 0. The summed E-state index contributed by atoms with van der Waals surface area (Å²) in [5, 5.41) is 6.77. The van der Waals surface area contributed by atoms with Crippen LogP contribution in [0.15, 0.2) is 10.6 Å². The van der Waals surface area contributed by atoms with Gasteiger partial charge < -0.3 is 19.3 Å². The minimum atomic E-state index is 0.0169. The van der Waals surface area contributed by atoms with Gasteiger partial charge >= 0.3 is 0 Å². The number of nitrogens with zero attached hydrogens (tertiary/aromatic N) is 1. The lowest BCUT2D eigenvalue weighted by molar-refractivity contribution is -0.122. The molecule has 6 nitrogen and oxygen atoms in total. The molecular formula is C14H22N2O4. The molecule has 0 unspecified atom stereocenters. The molecule has 1 fully saturated rings. The van der Waals surface area contributed by atoms with Gasteiger partial charge in [0.25, 0.3) is 5.88 Å². The molecule has 1 amide bonds. The fraction of sp³-hybridized carbons (Fsp3) is 0.714. The quantitative estimate of drug-likeness (QED) is 0.859. The zero-order valence-electron chi connectivity index (χ0n) is 12.1. The summed E-state index contributed by atoms with van der Waals surface area (Å²) in [4.78, 5) is 11.8. The van der Waals surface area contributed by atoms with Crippen molar-refractivity contribution in [3.8, 4) is 5.88 Å². The van der Waals surface area contributed by atoms with Crippen LogP contribution in [0.1, 0.15) is 38.9 Å². The van der Waals surface area contributed by atoms with E-state index in [9.17, 15) is 4.79 Å². The number of aryl methyl sites for hydroxylation is 1. The van der Waals surface area contributed by atoms with E-state index >= 15 is 0 Å². The third-order valence-electron chi connectivity index (χ3n) is 3.02. The molecule has 1 aliphatic heterocycles. The van der Waals surface area contributed by atoms with Crippen LogP contribution in [-0.4, -0.2) is 36.4 Å². The smallest absolute Gasteiger partial charge is 0.254 e. The summed E-state index contributed by atoms with van der Waals surface area (Å²) < 4.78 is 15.9. The second-order valence-corrected chi connectivity index (χ2v) is 5.28. The topological polar surface area (TPSA) is 73.6 Å². The molecule has 1 aromatic heterocycles. The fourth-order valence-corrected chi connectivity index (χ4v) is 2.10. The van der Waals surface area contributed by atoms with Crippen LogP contribution in [0.2, 0.25) is 0 Å². The van der Waals surface area contributed by atoms with Crippen molar-refractivity contribution in [3.05, 3.63) is 11.8 Å². The number of ether oxygens (including phenoxy) is 2. The maximum absolute atomic E-state index is 11.8. The highest BCUT2D eigenvalue weighted by molar-refractivity contribution is 5.76. The molecule has 20 heavy (non-hydrogen) atoms. The lowest BCUT2D eigenvalue weighted by Gasteiger charge is -2.22. The number of rotatable bonds is 6. The van der Waals surface area contributed by atoms with Crippen LogP contribution in [0, 0.1) is 0 Å².